The van der Waals surface area contributed by atoms with Crippen LogP contribution in [-0.2, 0) is 16.0 Å². The maximum absolute atomic E-state index is 13.6. The number of hydrogen-bond acceptors (Lipinski definition) is 5. The topological polar surface area (TPSA) is 88.4 Å². The summed E-state index contributed by atoms with van der Waals surface area (Å²) in [4.78, 5) is 24.5. The number of nitrogens with zero attached hydrogens (tertiary/aromatic N) is 1. The number of benzene rings is 2. The Kier molecular flexibility index (Phi) is 4.61. The van der Waals surface area contributed by atoms with Crippen LogP contribution < -0.4 is 14.8 Å². The molecule has 0 aromatic heterocycles. The second kappa shape index (κ2) is 7.01. The van der Waals surface area contributed by atoms with E-state index in [1.807, 2.05) is 0 Å². The minimum Gasteiger partial charge on any atom is -0.454 e. The number of anilines is 1. The molecule has 0 saturated heterocycles. The van der Waals surface area contributed by atoms with Crippen molar-refractivity contribution in [2.24, 2.45) is 5.92 Å². The molecule has 126 valence electrons. The van der Waals surface area contributed by atoms with Gasteiger partial charge in [0.1, 0.15) is 5.82 Å². The van der Waals surface area contributed by atoms with Crippen LogP contribution in [0, 0.1) is 23.1 Å². The fourth-order valence-corrected chi connectivity index (χ4v) is 2.40. The highest BCUT2D eigenvalue weighted by Gasteiger charge is 2.27. The number of hydrogen-bond donors (Lipinski definition) is 1. The molecule has 0 aliphatic carbocycles. The van der Waals surface area contributed by atoms with Crippen LogP contribution in [-0.4, -0.2) is 18.5 Å². The standard InChI is InChI=1S/C18H13FN2O4/c19-13-3-1-2-4-14(13)21-18(23)12(9-20)15(22)7-11-5-6-16-17(8-11)25-10-24-16/h1-6,8,12H,7,10H2,(H,21,23)/t12-/m0/s1. The van der Waals surface area contributed by atoms with E-state index >= 15 is 0 Å². The van der Waals surface area contributed by atoms with Gasteiger partial charge in [0.2, 0.25) is 12.7 Å². The second-order valence-corrected chi connectivity index (χ2v) is 5.36. The number of carbonyl (C=O) groups excluding carboxylic acids is 2. The quantitative estimate of drug-likeness (QED) is 0.845. The van der Waals surface area contributed by atoms with E-state index in [1.54, 1.807) is 24.3 Å². The number of rotatable bonds is 5. The molecule has 1 amide bonds. The molecular formula is C18H13FN2O4. The van der Waals surface area contributed by atoms with Crippen molar-refractivity contribution >= 4 is 17.4 Å². The van der Waals surface area contributed by atoms with Crippen molar-refractivity contribution in [3.8, 4) is 17.6 Å². The molecule has 2 aromatic carbocycles. The van der Waals surface area contributed by atoms with Crippen LogP contribution in [0.3, 0.4) is 0 Å². The molecule has 0 unspecified atom stereocenters. The molecule has 0 bridgehead atoms. The van der Waals surface area contributed by atoms with Gasteiger partial charge in [0.25, 0.3) is 0 Å². The molecule has 0 fully saturated rings. The Bertz CT molecular complexity index is 876. The number of para-hydroxylation sites is 1. The van der Waals surface area contributed by atoms with E-state index in [0.717, 1.165) is 0 Å². The lowest BCUT2D eigenvalue weighted by atomic mass is 9.98. The summed E-state index contributed by atoms with van der Waals surface area (Å²) < 4.78 is 24.0. The zero-order chi connectivity index (χ0) is 17.8. The Morgan fingerprint density at radius 3 is 2.72 bits per heavy atom. The first-order valence-corrected chi connectivity index (χ1v) is 7.44. The van der Waals surface area contributed by atoms with Crippen LogP contribution in [0.4, 0.5) is 10.1 Å². The summed E-state index contributed by atoms with van der Waals surface area (Å²) in [6.07, 6.45) is -0.125. The summed E-state index contributed by atoms with van der Waals surface area (Å²) in [6.45, 7) is 0.110. The molecule has 0 spiro atoms. The Morgan fingerprint density at radius 1 is 1.20 bits per heavy atom. The maximum Gasteiger partial charge on any atom is 0.249 e. The highest BCUT2D eigenvalue weighted by molar-refractivity contribution is 6.09. The highest BCUT2D eigenvalue weighted by Crippen LogP contribution is 2.32. The molecule has 7 heteroatoms. The number of halogens is 1. The summed E-state index contributed by atoms with van der Waals surface area (Å²) in [5.74, 6) is -2.55. The van der Waals surface area contributed by atoms with Gasteiger partial charge >= 0.3 is 0 Å². The highest BCUT2D eigenvalue weighted by atomic mass is 19.1. The van der Waals surface area contributed by atoms with Crippen LogP contribution in [0.25, 0.3) is 0 Å². The van der Waals surface area contributed by atoms with Gasteiger partial charge in [0, 0.05) is 6.42 Å². The normalized spacial score (nSPS) is 13.0. The van der Waals surface area contributed by atoms with Crippen molar-refractivity contribution < 1.29 is 23.5 Å². The van der Waals surface area contributed by atoms with Crippen molar-refractivity contribution in [3.63, 3.8) is 0 Å². The fraction of sp³-hybridized carbons (Fsp3) is 0.167. The van der Waals surface area contributed by atoms with E-state index in [9.17, 15) is 19.2 Å². The number of carbonyl (C=O) groups is 2. The van der Waals surface area contributed by atoms with E-state index in [4.69, 9.17) is 9.47 Å². The smallest absolute Gasteiger partial charge is 0.249 e. The summed E-state index contributed by atoms with van der Waals surface area (Å²) in [5, 5.41) is 11.4. The Morgan fingerprint density at radius 2 is 1.96 bits per heavy atom. The van der Waals surface area contributed by atoms with Gasteiger partial charge in [0.15, 0.2) is 23.2 Å². The van der Waals surface area contributed by atoms with Gasteiger partial charge in [-0.15, -0.1) is 0 Å². The van der Waals surface area contributed by atoms with Gasteiger partial charge < -0.3 is 14.8 Å². The first-order chi connectivity index (χ1) is 12.1. The SMILES string of the molecule is N#C[C@@H](C(=O)Cc1ccc2c(c1)OCO2)C(=O)Nc1ccccc1F. The predicted octanol–water partition coefficient (Wildman–Crippen LogP) is 2.44. The zero-order valence-electron chi connectivity index (χ0n) is 13.0. The van der Waals surface area contributed by atoms with Crippen molar-refractivity contribution in [2.75, 3.05) is 12.1 Å². The molecule has 0 saturated carbocycles. The summed E-state index contributed by atoms with van der Waals surface area (Å²) in [6, 6.07) is 12.2. The lowest BCUT2D eigenvalue weighted by molar-refractivity contribution is -0.128. The molecule has 25 heavy (non-hydrogen) atoms. The largest absolute Gasteiger partial charge is 0.454 e. The number of ether oxygens (including phenoxy) is 2. The van der Waals surface area contributed by atoms with Gasteiger partial charge in [-0.05, 0) is 29.8 Å². The Balaban J connectivity index is 1.70. The lowest BCUT2D eigenvalue weighted by Gasteiger charge is -2.10. The van der Waals surface area contributed by atoms with Gasteiger partial charge in [0.05, 0.1) is 11.8 Å². The average molecular weight is 340 g/mol. The third kappa shape index (κ3) is 3.58. The third-order valence-electron chi connectivity index (χ3n) is 3.66. The van der Waals surface area contributed by atoms with Crippen molar-refractivity contribution in [1.82, 2.24) is 0 Å². The molecule has 1 aliphatic heterocycles. The predicted molar refractivity (Wildman–Crippen MR) is 85.4 cm³/mol. The third-order valence-corrected chi connectivity index (χ3v) is 3.66. The van der Waals surface area contributed by atoms with Gasteiger partial charge in [-0.3, -0.25) is 9.59 Å². The molecule has 2 aromatic rings. The minimum absolute atomic E-state index is 0.0800. The minimum atomic E-state index is -1.54. The molecule has 1 atom stereocenters. The lowest BCUT2D eigenvalue weighted by Crippen LogP contribution is -2.30. The molecule has 3 rings (SSSR count). The van der Waals surface area contributed by atoms with E-state index in [1.165, 1.54) is 24.3 Å². The van der Waals surface area contributed by atoms with E-state index in [0.29, 0.717) is 17.1 Å². The van der Waals surface area contributed by atoms with Crippen LogP contribution in [0.5, 0.6) is 11.5 Å². The van der Waals surface area contributed by atoms with Gasteiger partial charge in [-0.25, -0.2) is 4.39 Å². The van der Waals surface area contributed by atoms with Gasteiger partial charge in [-0.1, -0.05) is 18.2 Å². The summed E-state index contributed by atoms with van der Waals surface area (Å²) >= 11 is 0. The number of fused-ring (bicyclic) bond motifs is 1. The average Bonchev–Trinajstić information content (AvgIpc) is 3.05. The van der Waals surface area contributed by atoms with Crippen LogP contribution in [0.2, 0.25) is 0 Å². The van der Waals surface area contributed by atoms with E-state index in [2.05, 4.69) is 5.32 Å². The van der Waals surface area contributed by atoms with Crippen molar-refractivity contribution in [2.45, 2.75) is 6.42 Å². The number of nitrogens with one attached hydrogen (secondary N) is 1. The Labute approximate surface area is 142 Å². The first-order valence-electron chi connectivity index (χ1n) is 7.44. The summed E-state index contributed by atoms with van der Waals surface area (Å²) in [7, 11) is 0. The monoisotopic (exact) mass is 340 g/mol. The van der Waals surface area contributed by atoms with E-state index < -0.39 is 23.4 Å². The van der Waals surface area contributed by atoms with Crippen molar-refractivity contribution in [3.05, 3.63) is 53.8 Å². The number of ketones is 1. The fourth-order valence-electron chi connectivity index (χ4n) is 2.40. The van der Waals surface area contributed by atoms with E-state index in [-0.39, 0.29) is 18.9 Å². The number of amides is 1. The van der Waals surface area contributed by atoms with Crippen LogP contribution in [0.15, 0.2) is 42.5 Å². The second-order valence-electron chi connectivity index (χ2n) is 5.36. The first kappa shape index (κ1) is 16.5. The molecule has 1 aliphatic rings. The maximum atomic E-state index is 13.6. The molecule has 0 radical (unpaired) electrons. The number of Topliss-reactive ketones (excluding diaryl/α,β-unsaturated/α-hetero) is 1. The van der Waals surface area contributed by atoms with Crippen molar-refractivity contribution in [1.29, 1.82) is 5.26 Å². The number of nitriles is 1. The Hall–Kier alpha value is -3.40. The van der Waals surface area contributed by atoms with Gasteiger partial charge in [-0.2, -0.15) is 5.26 Å². The summed E-state index contributed by atoms with van der Waals surface area (Å²) in [5.41, 5.74) is 0.511. The zero-order valence-corrected chi connectivity index (χ0v) is 13.0. The molecule has 1 heterocycles. The van der Waals surface area contributed by atoms with Crippen LogP contribution >= 0.6 is 0 Å². The van der Waals surface area contributed by atoms with Crippen LogP contribution in [0.1, 0.15) is 5.56 Å². The molecular weight excluding hydrogens is 327 g/mol. The molecule has 1 N–H and O–H groups in total. The molecule has 6 nitrogen and oxygen atoms in total.